The molecule has 0 amide bonds. The average molecular weight is 522 g/mol. The van der Waals surface area contributed by atoms with Crippen LogP contribution in [0.15, 0.2) is 30.0 Å². The predicted molar refractivity (Wildman–Crippen MR) is 156 cm³/mol. The van der Waals surface area contributed by atoms with Gasteiger partial charge in [-0.3, -0.25) is 0 Å². The van der Waals surface area contributed by atoms with Crippen molar-refractivity contribution in [3.05, 3.63) is 35.5 Å². The molecule has 38 heavy (non-hydrogen) atoms. The van der Waals surface area contributed by atoms with Crippen molar-refractivity contribution in [1.29, 1.82) is 0 Å². The van der Waals surface area contributed by atoms with E-state index in [4.69, 9.17) is 21.9 Å². The quantitative estimate of drug-likeness (QED) is 0.269. The van der Waals surface area contributed by atoms with Crippen molar-refractivity contribution in [2.24, 2.45) is 52.1 Å². The third kappa shape index (κ3) is 4.95. The SMILES string of the molecule is C/C(N)=C/CCC(C)C1CCC2C3CCC4CC(OC(=O)c5cc(N)cc(N)c5)CCC4(C)C3CCC12C. The second-order valence-electron chi connectivity index (χ2n) is 14.1. The van der Waals surface area contributed by atoms with E-state index in [9.17, 15) is 4.79 Å². The number of benzene rings is 1. The molecule has 5 heteroatoms. The second kappa shape index (κ2) is 10.4. The summed E-state index contributed by atoms with van der Waals surface area (Å²) in [5.74, 6) is 4.54. The first-order valence-corrected chi connectivity index (χ1v) is 15.3. The Balaban J connectivity index is 1.23. The zero-order valence-corrected chi connectivity index (χ0v) is 24.2. The van der Waals surface area contributed by atoms with Gasteiger partial charge in [-0.05, 0) is 142 Å². The average Bonchev–Trinajstić information content (AvgIpc) is 3.20. The number of hydrogen-bond donors (Lipinski definition) is 3. The summed E-state index contributed by atoms with van der Waals surface area (Å²) >= 11 is 0. The highest BCUT2D eigenvalue weighted by Crippen LogP contribution is 2.68. The summed E-state index contributed by atoms with van der Waals surface area (Å²) in [4.78, 5) is 12.9. The number of anilines is 2. The van der Waals surface area contributed by atoms with E-state index >= 15 is 0 Å². The molecule has 5 rings (SSSR count). The van der Waals surface area contributed by atoms with Crippen LogP contribution in [0.5, 0.6) is 0 Å². The molecule has 5 nitrogen and oxygen atoms in total. The van der Waals surface area contributed by atoms with E-state index in [1.54, 1.807) is 18.2 Å². The molecular weight excluding hydrogens is 470 g/mol. The standard InChI is InChI=1S/C33H51N3O2/c1-20(6-5-7-21(2)34)28-10-11-29-27-9-8-23-18-26(38-31(37)22-16-24(35)19-25(36)17-22)12-14-32(23,3)30(27)13-15-33(28,29)4/h7,16-17,19-20,23,26-30H,5-6,8-15,18,34-36H2,1-4H3/b21-7-. The number of hydrogen-bond acceptors (Lipinski definition) is 5. The molecule has 0 aromatic heterocycles. The molecule has 0 spiro atoms. The van der Waals surface area contributed by atoms with E-state index in [0.717, 1.165) is 54.5 Å². The molecule has 4 saturated carbocycles. The van der Waals surface area contributed by atoms with Crippen molar-refractivity contribution >= 4 is 17.3 Å². The molecule has 6 N–H and O–H groups in total. The Morgan fingerprint density at radius 1 is 1.00 bits per heavy atom. The fraction of sp³-hybridized carbons (Fsp3) is 0.727. The number of carbonyl (C=O) groups excluding carboxylic acids is 1. The van der Waals surface area contributed by atoms with Gasteiger partial charge in [-0.2, -0.15) is 0 Å². The van der Waals surface area contributed by atoms with Crippen LogP contribution in [0.2, 0.25) is 0 Å². The molecule has 1 aromatic carbocycles. The summed E-state index contributed by atoms with van der Waals surface area (Å²) in [6.07, 6.45) is 15.9. The maximum Gasteiger partial charge on any atom is 0.338 e. The Labute approximate surface area is 230 Å². The van der Waals surface area contributed by atoms with Crippen molar-refractivity contribution in [3.8, 4) is 0 Å². The molecule has 0 aliphatic heterocycles. The largest absolute Gasteiger partial charge is 0.459 e. The normalized spacial score (nSPS) is 39.5. The number of rotatable bonds is 6. The minimum Gasteiger partial charge on any atom is -0.459 e. The lowest BCUT2D eigenvalue weighted by molar-refractivity contribution is -0.130. The highest BCUT2D eigenvalue weighted by Gasteiger charge is 2.60. The van der Waals surface area contributed by atoms with Gasteiger partial charge < -0.3 is 21.9 Å². The number of esters is 1. The number of nitrogens with two attached hydrogens (primary N) is 3. The number of fused-ring (bicyclic) bond motifs is 5. The number of carbonyl (C=O) groups is 1. The van der Waals surface area contributed by atoms with Crippen LogP contribution < -0.4 is 17.2 Å². The van der Waals surface area contributed by atoms with Gasteiger partial charge in [0, 0.05) is 17.1 Å². The molecule has 0 saturated heterocycles. The molecule has 0 radical (unpaired) electrons. The van der Waals surface area contributed by atoms with E-state index in [0.29, 0.717) is 33.7 Å². The zero-order valence-electron chi connectivity index (χ0n) is 24.2. The number of allylic oxidation sites excluding steroid dienone is 2. The molecule has 9 unspecified atom stereocenters. The maximum absolute atomic E-state index is 12.9. The Morgan fingerprint density at radius 2 is 1.68 bits per heavy atom. The van der Waals surface area contributed by atoms with Crippen LogP contribution in [-0.4, -0.2) is 12.1 Å². The maximum atomic E-state index is 12.9. The molecule has 1 aromatic rings. The van der Waals surface area contributed by atoms with Crippen LogP contribution in [0.25, 0.3) is 0 Å². The highest BCUT2D eigenvalue weighted by molar-refractivity contribution is 5.91. The number of ether oxygens (including phenoxy) is 1. The van der Waals surface area contributed by atoms with Crippen LogP contribution >= 0.6 is 0 Å². The van der Waals surface area contributed by atoms with Crippen molar-refractivity contribution in [1.82, 2.24) is 0 Å². The van der Waals surface area contributed by atoms with Crippen LogP contribution in [0.1, 0.15) is 109 Å². The van der Waals surface area contributed by atoms with Gasteiger partial charge in [0.2, 0.25) is 0 Å². The lowest BCUT2D eigenvalue weighted by Crippen LogP contribution is -2.54. The van der Waals surface area contributed by atoms with Gasteiger partial charge in [-0.25, -0.2) is 4.79 Å². The fourth-order valence-electron chi connectivity index (χ4n) is 10.1. The molecule has 210 valence electrons. The number of nitrogen functional groups attached to an aromatic ring is 2. The minimum atomic E-state index is -0.289. The lowest BCUT2D eigenvalue weighted by Gasteiger charge is -2.61. The second-order valence-corrected chi connectivity index (χ2v) is 14.1. The smallest absolute Gasteiger partial charge is 0.338 e. The van der Waals surface area contributed by atoms with Crippen LogP contribution in [0.4, 0.5) is 11.4 Å². The van der Waals surface area contributed by atoms with Gasteiger partial charge in [-0.15, -0.1) is 0 Å². The van der Waals surface area contributed by atoms with E-state index in [2.05, 4.69) is 26.8 Å². The Hall–Kier alpha value is -2.17. The predicted octanol–water partition coefficient (Wildman–Crippen LogP) is 7.31. The summed E-state index contributed by atoms with van der Waals surface area (Å²) in [6, 6.07) is 5.01. The van der Waals surface area contributed by atoms with Gasteiger partial charge in [0.05, 0.1) is 5.56 Å². The van der Waals surface area contributed by atoms with Gasteiger partial charge >= 0.3 is 5.97 Å². The Bertz CT molecular complexity index is 1040. The summed E-state index contributed by atoms with van der Waals surface area (Å²) in [5.41, 5.74) is 21.0. The first-order valence-electron chi connectivity index (χ1n) is 15.3. The van der Waals surface area contributed by atoms with Crippen molar-refractivity contribution in [3.63, 3.8) is 0 Å². The van der Waals surface area contributed by atoms with Gasteiger partial charge in [0.25, 0.3) is 0 Å². The lowest BCUT2D eigenvalue weighted by atomic mass is 9.44. The molecule has 4 fully saturated rings. The molecule has 9 atom stereocenters. The van der Waals surface area contributed by atoms with Crippen LogP contribution in [0.3, 0.4) is 0 Å². The minimum absolute atomic E-state index is 0.00319. The highest BCUT2D eigenvalue weighted by atomic mass is 16.5. The third-order valence-corrected chi connectivity index (χ3v) is 12.0. The van der Waals surface area contributed by atoms with E-state index in [1.165, 1.54) is 51.4 Å². The van der Waals surface area contributed by atoms with Gasteiger partial charge in [-0.1, -0.05) is 26.8 Å². The fourth-order valence-corrected chi connectivity index (χ4v) is 10.1. The zero-order chi connectivity index (χ0) is 27.2. The first-order chi connectivity index (χ1) is 18.0. The summed E-state index contributed by atoms with van der Waals surface area (Å²) < 4.78 is 6.03. The van der Waals surface area contributed by atoms with E-state index < -0.39 is 0 Å². The monoisotopic (exact) mass is 521 g/mol. The Kier molecular flexibility index (Phi) is 7.52. The first kappa shape index (κ1) is 27.4. The molecular formula is C33H51N3O2. The topological polar surface area (TPSA) is 104 Å². The van der Waals surface area contributed by atoms with E-state index in [-0.39, 0.29) is 12.1 Å². The molecule has 0 bridgehead atoms. The van der Waals surface area contributed by atoms with Gasteiger partial charge in [0.1, 0.15) is 6.10 Å². The van der Waals surface area contributed by atoms with Crippen molar-refractivity contribution < 1.29 is 9.53 Å². The molecule has 4 aliphatic carbocycles. The van der Waals surface area contributed by atoms with Crippen LogP contribution in [0, 0.1) is 46.3 Å². The molecule has 4 aliphatic rings. The third-order valence-electron chi connectivity index (χ3n) is 12.0. The van der Waals surface area contributed by atoms with Crippen molar-refractivity contribution in [2.75, 3.05) is 11.5 Å². The van der Waals surface area contributed by atoms with Crippen LogP contribution in [-0.2, 0) is 4.74 Å². The Morgan fingerprint density at radius 3 is 2.39 bits per heavy atom. The molecule has 0 heterocycles. The summed E-state index contributed by atoms with van der Waals surface area (Å²) in [5, 5.41) is 0. The van der Waals surface area contributed by atoms with Crippen molar-refractivity contribution in [2.45, 2.75) is 104 Å². The summed E-state index contributed by atoms with van der Waals surface area (Å²) in [7, 11) is 0. The van der Waals surface area contributed by atoms with Gasteiger partial charge in [0.15, 0.2) is 0 Å². The van der Waals surface area contributed by atoms with E-state index in [1.807, 2.05) is 6.92 Å². The summed E-state index contributed by atoms with van der Waals surface area (Å²) in [6.45, 7) is 9.75.